The highest BCUT2D eigenvalue weighted by atomic mass is 35.5. The molecule has 1 aromatic carbocycles. The molecule has 0 aliphatic rings. The highest BCUT2D eigenvalue weighted by Gasteiger charge is 2.17. The molecule has 2 aromatic rings. The van der Waals surface area contributed by atoms with Gasteiger partial charge in [0.2, 0.25) is 0 Å². The first-order chi connectivity index (χ1) is 11.9. The molecular weight excluding hydrogens is 334 g/mol. The topological polar surface area (TPSA) is 49.0 Å². The third-order valence-corrected chi connectivity index (χ3v) is 4.47. The summed E-state index contributed by atoms with van der Waals surface area (Å²) in [5.74, 6) is -0.236. The fourth-order valence-electron chi connectivity index (χ4n) is 2.92. The normalized spacial score (nSPS) is 11.3. The second-order valence-corrected chi connectivity index (χ2v) is 6.23. The van der Waals surface area contributed by atoms with Gasteiger partial charge in [-0.15, -0.1) is 0 Å². The molecule has 0 atom stereocenters. The zero-order valence-electron chi connectivity index (χ0n) is 15.0. The third-order valence-electron chi connectivity index (χ3n) is 4.24. The molecule has 25 heavy (non-hydrogen) atoms. The van der Waals surface area contributed by atoms with Crippen molar-refractivity contribution >= 4 is 23.6 Å². The molecule has 0 saturated heterocycles. The summed E-state index contributed by atoms with van der Waals surface area (Å²) in [4.78, 5) is 14.1. The fourth-order valence-corrected chi connectivity index (χ4v) is 3.11. The van der Waals surface area contributed by atoms with Gasteiger partial charge in [0.25, 0.3) is 5.91 Å². The van der Waals surface area contributed by atoms with Crippen LogP contribution in [0.15, 0.2) is 35.9 Å². The van der Waals surface area contributed by atoms with Crippen LogP contribution in [0.25, 0.3) is 11.8 Å². The van der Waals surface area contributed by atoms with Crippen LogP contribution in [0.3, 0.4) is 0 Å². The zero-order chi connectivity index (χ0) is 18.6. The van der Waals surface area contributed by atoms with Crippen LogP contribution in [0.4, 0.5) is 0 Å². The maximum Gasteiger partial charge on any atom is 0.264 e. The van der Waals surface area contributed by atoms with E-state index < -0.39 is 0 Å². The standard InChI is InChI=1S/C20H22ClN3O/c1-5-23(6-2)20(25)17(13-22)11-16-10-14(3)24(15(16)4)19-9-7-8-18(21)12-19/h7-12H,5-6H2,1-4H3/b17-11-. The Balaban J connectivity index is 2.49. The van der Waals surface area contributed by atoms with Gasteiger partial charge >= 0.3 is 0 Å². The molecule has 0 aliphatic heterocycles. The number of amides is 1. The molecule has 0 unspecified atom stereocenters. The Morgan fingerprint density at radius 3 is 2.52 bits per heavy atom. The lowest BCUT2D eigenvalue weighted by atomic mass is 10.1. The molecule has 2 rings (SSSR count). The summed E-state index contributed by atoms with van der Waals surface area (Å²) in [6.07, 6.45) is 1.67. The van der Waals surface area contributed by atoms with Gasteiger partial charge in [0.15, 0.2) is 0 Å². The van der Waals surface area contributed by atoms with Crippen LogP contribution in [-0.4, -0.2) is 28.5 Å². The quantitative estimate of drug-likeness (QED) is 0.584. The summed E-state index contributed by atoms with van der Waals surface area (Å²) in [7, 11) is 0. The Morgan fingerprint density at radius 1 is 1.28 bits per heavy atom. The molecule has 1 aromatic heterocycles. The van der Waals surface area contributed by atoms with Crippen molar-refractivity contribution in [2.24, 2.45) is 0 Å². The Morgan fingerprint density at radius 2 is 1.96 bits per heavy atom. The lowest BCUT2D eigenvalue weighted by molar-refractivity contribution is -0.126. The monoisotopic (exact) mass is 355 g/mol. The summed E-state index contributed by atoms with van der Waals surface area (Å²) < 4.78 is 2.06. The average Bonchev–Trinajstić information content (AvgIpc) is 2.87. The summed E-state index contributed by atoms with van der Waals surface area (Å²) >= 11 is 6.10. The van der Waals surface area contributed by atoms with Crippen LogP contribution >= 0.6 is 11.6 Å². The van der Waals surface area contributed by atoms with Crippen LogP contribution in [0, 0.1) is 25.2 Å². The van der Waals surface area contributed by atoms with Crippen LogP contribution in [-0.2, 0) is 4.79 Å². The summed E-state index contributed by atoms with van der Waals surface area (Å²) in [6, 6.07) is 11.6. The van der Waals surface area contributed by atoms with Crippen molar-refractivity contribution < 1.29 is 4.79 Å². The van der Waals surface area contributed by atoms with Gasteiger partial charge < -0.3 is 9.47 Å². The van der Waals surface area contributed by atoms with E-state index >= 15 is 0 Å². The molecule has 0 aliphatic carbocycles. The zero-order valence-corrected chi connectivity index (χ0v) is 15.8. The molecule has 0 spiro atoms. The number of rotatable bonds is 5. The second-order valence-electron chi connectivity index (χ2n) is 5.79. The molecule has 0 saturated carbocycles. The molecule has 4 nitrogen and oxygen atoms in total. The summed E-state index contributed by atoms with van der Waals surface area (Å²) in [5.41, 5.74) is 3.93. The minimum Gasteiger partial charge on any atom is -0.339 e. The molecule has 0 bridgehead atoms. The Hall–Kier alpha value is -2.51. The van der Waals surface area contributed by atoms with E-state index in [0.717, 1.165) is 22.6 Å². The highest BCUT2D eigenvalue weighted by molar-refractivity contribution is 6.30. The number of benzene rings is 1. The number of aromatic nitrogens is 1. The van der Waals surface area contributed by atoms with Crippen molar-refractivity contribution in [2.75, 3.05) is 13.1 Å². The number of likely N-dealkylation sites (N-methyl/N-ethyl adjacent to an activating group) is 1. The van der Waals surface area contributed by atoms with Crippen LogP contribution < -0.4 is 0 Å². The Labute approximate surface area is 153 Å². The van der Waals surface area contributed by atoms with E-state index in [1.165, 1.54) is 0 Å². The van der Waals surface area contributed by atoms with Crippen molar-refractivity contribution in [3.05, 3.63) is 57.9 Å². The van der Waals surface area contributed by atoms with E-state index in [0.29, 0.717) is 18.1 Å². The lowest BCUT2D eigenvalue weighted by Gasteiger charge is -2.17. The van der Waals surface area contributed by atoms with Gasteiger partial charge in [-0.3, -0.25) is 4.79 Å². The van der Waals surface area contributed by atoms with E-state index in [9.17, 15) is 10.1 Å². The molecule has 0 radical (unpaired) electrons. The summed E-state index contributed by atoms with van der Waals surface area (Å²) in [6.45, 7) is 8.93. The van der Waals surface area contributed by atoms with Gasteiger partial charge in [-0.2, -0.15) is 5.26 Å². The second kappa shape index (κ2) is 8.04. The fraction of sp³-hybridized carbons (Fsp3) is 0.300. The van der Waals surface area contributed by atoms with Crippen molar-refractivity contribution in [2.45, 2.75) is 27.7 Å². The highest BCUT2D eigenvalue weighted by Crippen LogP contribution is 2.24. The first-order valence-electron chi connectivity index (χ1n) is 8.28. The van der Waals surface area contributed by atoms with E-state index in [1.807, 2.05) is 64.1 Å². The number of aryl methyl sites for hydroxylation is 1. The minimum atomic E-state index is -0.236. The maximum absolute atomic E-state index is 12.5. The van der Waals surface area contributed by atoms with Crippen LogP contribution in [0.2, 0.25) is 5.02 Å². The maximum atomic E-state index is 12.5. The smallest absolute Gasteiger partial charge is 0.264 e. The van der Waals surface area contributed by atoms with Crippen LogP contribution in [0.5, 0.6) is 0 Å². The first-order valence-corrected chi connectivity index (χ1v) is 8.66. The van der Waals surface area contributed by atoms with Gasteiger partial charge in [0.1, 0.15) is 11.6 Å². The molecule has 1 heterocycles. The summed E-state index contributed by atoms with van der Waals surface area (Å²) in [5, 5.41) is 10.1. The van der Waals surface area contributed by atoms with Gasteiger partial charge in [-0.05, 0) is 63.6 Å². The van der Waals surface area contributed by atoms with Crippen LogP contribution in [0.1, 0.15) is 30.8 Å². The number of halogens is 1. The Bertz CT molecular complexity index is 854. The van der Waals surface area contributed by atoms with Crippen molar-refractivity contribution in [3.63, 3.8) is 0 Å². The number of hydrogen-bond donors (Lipinski definition) is 0. The molecule has 0 fully saturated rings. The van der Waals surface area contributed by atoms with Gasteiger partial charge in [0, 0.05) is 35.2 Å². The predicted octanol–water partition coefficient (Wildman–Crippen LogP) is 4.52. The lowest BCUT2D eigenvalue weighted by Crippen LogP contribution is -2.31. The Kier molecular flexibility index (Phi) is 6.06. The molecule has 5 heteroatoms. The average molecular weight is 356 g/mol. The van der Waals surface area contributed by atoms with Crippen molar-refractivity contribution in [1.29, 1.82) is 5.26 Å². The molecule has 130 valence electrons. The molecular formula is C20H22ClN3O. The molecule has 1 amide bonds. The predicted molar refractivity (Wildman–Crippen MR) is 102 cm³/mol. The largest absolute Gasteiger partial charge is 0.339 e. The van der Waals surface area contributed by atoms with Gasteiger partial charge in [-0.1, -0.05) is 17.7 Å². The number of nitriles is 1. The van der Waals surface area contributed by atoms with Crippen molar-refractivity contribution in [3.8, 4) is 11.8 Å². The van der Waals surface area contributed by atoms with E-state index in [1.54, 1.807) is 11.0 Å². The van der Waals surface area contributed by atoms with Crippen molar-refractivity contribution in [1.82, 2.24) is 9.47 Å². The minimum absolute atomic E-state index is 0.148. The SMILES string of the molecule is CCN(CC)C(=O)/C(C#N)=C\c1cc(C)n(-c2cccc(Cl)c2)c1C. The third kappa shape index (κ3) is 3.94. The number of nitrogens with zero attached hydrogens (tertiary/aromatic N) is 3. The number of hydrogen-bond acceptors (Lipinski definition) is 2. The molecule has 0 N–H and O–H groups in total. The first kappa shape index (κ1) is 18.8. The van der Waals surface area contributed by atoms with E-state index in [2.05, 4.69) is 4.57 Å². The van der Waals surface area contributed by atoms with E-state index in [4.69, 9.17) is 11.6 Å². The van der Waals surface area contributed by atoms with E-state index in [-0.39, 0.29) is 11.5 Å². The van der Waals surface area contributed by atoms with Gasteiger partial charge in [0.05, 0.1) is 0 Å². The van der Waals surface area contributed by atoms with Gasteiger partial charge in [-0.25, -0.2) is 0 Å². The number of carbonyl (C=O) groups is 1. The number of carbonyl (C=O) groups excluding carboxylic acids is 1.